The summed E-state index contributed by atoms with van der Waals surface area (Å²) in [6.07, 6.45) is 2.65. The Morgan fingerprint density at radius 2 is 0.500 bits per heavy atom. The summed E-state index contributed by atoms with van der Waals surface area (Å²) in [5, 5.41) is 3.74. The van der Waals surface area contributed by atoms with E-state index in [1.807, 2.05) is 0 Å². The molecule has 0 radical (unpaired) electrons. The topological polar surface area (TPSA) is 0 Å². The highest BCUT2D eigenvalue weighted by atomic mass is 28.3. The van der Waals surface area contributed by atoms with Gasteiger partial charge in [0.1, 0.15) is 0 Å². The minimum absolute atomic E-state index is 0.392. The van der Waals surface area contributed by atoms with Crippen LogP contribution in [0.4, 0.5) is 0 Å². The minimum atomic E-state index is -3.38. The lowest BCUT2D eigenvalue weighted by molar-refractivity contribution is 0.870. The monoisotopic (exact) mass is 836 g/mol. The standard InChI is InChI=1S/C63H52Si/c1-45-44-63(4,47(3)46(45)2)64(60-38-54(48-23-11-5-12-24-48)35-55(39-60)49-25-13-6-14-26-49,61-40-56(50-27-15-7-16-28-50)36-57(41-61)51-29-17-8-18-30-51)62-42-58(52-31-19-9-20-32-52)37-59(43-62)53-33-21-10-22-34-53/h5-44H,1-4H3. The van der Waals surface area contributed by atoms with Crippen molar-refractivity contribution in [3.8, 4) is 66.8 Å². The molecule has 1 aliphatic rings. The maximum absolute atomic E-state index is 3.38. The van der Waals surface area contributed by atoms with E-state index >= 15 is 0 Å². The first-order chi connectivity index (χ1) is 31.3. The molecule has 0 saturated carbocycles. The van der Waals surface area contributed by atoms with Crippen LogP contribution in [-0.2, 0) is 0 Å². The molecule has 0 heterocycles. The highest BCUT2D eigenvalue weighted by molar-refractivity contribution is 7.14. The van der Waals surface area contributed by atoms with Crippen LogP contribution in [0.1, 0.15) is 27.7 Å². The van der Waals surface area contributed by atoms with Crippen molar-refractivity contribution in [1.82, 2.24) is 0 Å². The Morgan fingerprint density at radius 3 is 0.688 bits per heavy atom. The molecule has 0 spiro atoms. The Morgan fingerprint density at radius 1 is 0.281 bits per heavy atom. The Kier molecular flexibility index (Phi) is 10.9. The number of hydrogen-bond donors (Lipinski definition) is 0. The molecule has 0 bridgehead atoms. The van der Waals surface area contributed by atoms with Crippen molar-refractivity contribution in [1.29, 1.82) is 0 Å². The molecule has 1 heteroatoms. The van der Waals surface area contributed by atoms with Gasteiger partial charge in [0.25, 0.3) is 0 Å². The Balaban J connectivity index is 1.44. The summed E-state index contributed by atoms with van der Waals surface area (Å²) < 4.78 is 0. The van der Waals surface area contributed by atoms with Gasteiger partial charge in [-0.25, -0.2) is 0 Å². The predicted octanol–water partition coefficient (Wildman–Crippen LogP) is 15.2. The van der Waals surface area contributed by atoms with E-state index in [0.717, 1.165) is 0 Å². The number of allylic oxidation sites excluding steroid dienone is 4. The third-order valence-electron chi connectivity index (χ3n) is 14.0. The van der Waals surface area contributed by atoms with Crippen molar-refractivity contribution in [2.24, 2.45) is 0 Å². The van der Waals surface area contributed by atoms with Gasteiger partial charge >= 0.3 is 0 Å². The predicted molar refractivity (Wildman–Crippen MR) is 277 cm³/mol. The van der Waals surface area contributed by atoms with Crippen LogP contribution in [0.15, 0.2) is 259 Å². The molecule has 64 heavy (non-hydrogen) atoms. The second kappa shape index (κ2) is 17.1. The van der Waals surface area contributed by atoms with E-state index in [9.17, 15) is 0 Å². The molecule has 0 N–H and O–H groups in total. The average molecular weight is 837 g/mol. The zero-order valence-corrected chi connectivity index (χ0v) is 38.1. The summed E-state index contributed by atoms with van der Waals surface area (Å²) in [5.41, 5.74) is 18.8. The largest absolute Gasteiger partial charge is 0.161 e. The SMILES string of the molecule is CC1=CC(C)([Si](c2cc(-c3ccccc3)cc(-c3ccccc3)c2)(c2cc(-c3ccccc3)cc(-c3ccccc3)c2)c2cc(-c3ccccc3)cc(-c3ccccc3)c2)C(C)=C1C. The van der Waals surface area contributed by atoms with Gasteiger partial charge in [-0.2, -0.15) is 0 Å². The molecular formula is C63H52Si. The molecule has 0 amide bonds. The van der Waals surface area contributed by atoms with E-state index in [2.05, 4.69) is 270 Å². The highest BCUT2D eigenvalue weighted by Crippen LogP contribution is 2.54. The van der Waals surface area contributed by atoms with Gasteiger partial charge in [-0.05, 0) is 127 Å². The molecule has 1 unspecified atom stereocenters. The molecule has 0 saturated heterocycles. The van der Waals surface area contributed by atoms with E-state index in [-0.39, 0.29) is 0 Å². The normalized spacial score (nSPS) is 15.0. The van der Waals surface area contributed by atoms with Crippen LogP contribution in [0.3, 0.4) is 0 Å². The van der Waals surface area contributed by atoms with Gasteiger partial charge in [0, 0.05) is 5.04 Å². The molecule has 0 aliphatic heterocycles. The van der Waals surface area contributed by atoms with Crippen molar-refractivity contribution in [3.05, 3.63) is 259 Å². The lowest BCUT2D eigenvalue weighted by atomic mass is 9.98. The fourth-order valence-corrected chi connectivity index (χ4v) is 16.7. The van der Waals surface area contributed by atoms with Gasteiger partial charge in [0.05, 0.1) is 0 Å². The second-order valence-corrected chi connectivity index (χ2v) is 21.9. The van der Waals surface area contributed by atoms with E-state index in [0.29, 0.717) is 0 Å². The molecule has 0 fully saturated rings. The van der Waals surface area contributed by atoms with Crippen LogP contribution in [0.25, 0.3) is 66.8 Å². The van der Waals surface area contributed by atoms with Crippen LogP contribution >= 0.6 is 0 Å². The molecule has 9 aromatic carbocycles. The molecule has 1 atom stereocenters. The molecule has 0 nitrogen and oxygen atoms in total. The number of hydrogen-bond acceptors (Lipinski definition) is 0. The zero-order valence-electron chi connectivity index (χ0n) is 37.1. The fraction of sp³-hybridized carbons (Fsp3) is 0.0794. The van der Waals surface area contributed by atoms with Crippen molar-refractivity contribution in [2.45, 2.75) is 32.7 Å². The third kappa shape index (κ3) is 7.32. The van der Waals surface area contributed by atoms with Gasteiger partial charge in [0.15, 0.2) is 8.07 Å². The fourth-order valence-electron chi connectivity index (χ4n) is 10.4. The van der Waals surface area contributed by atoms with Crippen LogP contribution < -0.4 is 15.6 Å². The maximum Gasteiger partial charge on any atom is 0.161 e. The van der Waals surface area contributed by atoms with Crippen LogP contribution in [-0.4, -0.2) is 8.07 Å². The minimum Gasteiger partial charge on any atom is -0.0730 e. The zero-order chi connectivity index (χ0) is 43.7. The quantitative estimate of drug-likeness (QED) is 0.0951. The first kappa shape index (κ1) is 40.7. The summed E-state index contributed by atoms with van der Waals surface area (Å²) in [7, 11) is -3.38. The van der Waals surface area contributed by atoms with E-state index in [1.165, 1.54) is 99.0 Å². The molecule has 0 aromatic heterocycles. The smallest absolute Gasteiger partial charge is 0.0730 e. The molecule has 1 aliphatic carbocycles. The summed E-state index contributed by atoms with van der Waals surface area (Å²) >= 11 is 0. The van der Waals surface area contributed by atoms with E-state index < -0.39 is 13.1 Å². The van der Waals surface area contributed by atoms with Crippen molar-refractivity contribution in [3.63, 3.8) is 0 Å². The first-order valence-electron chi connectivity index (χ1n) is 22.5. The molecule has 9 aromatic rings. The molecular weight excluding hydrogens is 785 g/mol. The summed E-state index contributed by atoms with van der Waals surface area (Å²) in [6.45, 7) is 9.65. The van der Waals surface area contributed by atoms with Crippen molar-refractivity contribution < 1.29 is 0 Å². The second-order valence-electron chi connectivity index (χ2n) is 17.6. The van der Waals surface area contributed by atoms with Crippen molar-refractivity contribution in [2.75, 3.05) is 0 Å². The van der Waals surface area contributed by atoms with Gasteiger partial charge < -0.3 is 0 Å². The van der Waals surface area contributed by atoms with Gasteiger partial charge in [-0.3, -0.25) is 0 Å². The Hall–Kier alpha value is -7.32. The van der Waals surface area contributed by atoms with Crippen LogP contribution in [0, 0.1) is 0 Å². The maximum atomic E-state index is 2.65. The van der Waals surface area contributed by atoms with Crippen LogP contribution in [0.5, 0.6) is 0 Å². The number of benzene rings is 9. The van der Waals surface area contributed by atoms with Crippen LogP contribution in [0.2, 0.25) is 5.04 Å². The first-order valence-corrected chi connectivity index (χ1v) is 24.5. The van der Waals surface area contributed by atoms with Crippen molar-refractivity contribution >= 4 is 23.6 Å². The van der Waals surface area contributed by atoms with Gasteiger partial charge in [-0.15, -0.1) is 0 Å². The average Bonchev–Trinajstić information content (AvgIpc) is 3.57. The summed E-state index contributed by atoms with van der Waals surface area (Å²) in [5.74, 6) is 0. The lowest BCUT2D eigenvalue weighted by Gasteiger charge is -2.48. The Bertz CT molecular complexity index is 2670. The highest BCUT2D eigenvalue weighted by Gasteiger charge is 2.56. The summed E-state index contributed by atoms with van der Waals surface area (Å²) in [6, 6.07) is 88.5. The Labute approximate surface area is 380 Å². The van der Waals surface area contributed by atoms with E-state index in [4.69, 9.17) is 0 Å². The van der Waals surface area contributed by atoms with Gasteiger partial charge in [-0.1, -0.05) is 243 Å². The summed E-state index contributed by atoms with van der Waals surface area (Å²) in [4.78, 5) is 0. The third-order valence-corrected chi connectivity index (χ3v) is 19.5. The van der Waals surface area contributed by atoms with Gasteiger partial charge in [0.2, 0.25) is 0 Å². The molecule has 10 rings (SSSR count). The molecule has 308 valence electrons. The lowest BCUT2D eigenvalue weighted by Crippen LogP contribution is -2.73. The number of rotatable bonds is 10. The van der Waals surface area contributed by atoms with E-state index in [1.54, 1.807) is 0 Å².